The number of urea groups is 1. The normalized spacial score (nSPS) is 9.95. The van der Waals surface area contributed by atoms with Gasteiger partial charge in [-0.05, 0) is 12.1 Å². The maximum atomic E-state index is 11.5. The molecule has 0 unspecified atom stereocenters. The Hall–Kier alpha value is -2.61. The Morgan fingerprint density at radius 2 is 2.16 bits per heavy atom. The van der Waals surface area contributed by atoms with E-state index in [1.54, 1.807) is 0 Å². The molecule has 98 valence electrons. The maximum absolute atomic E-state index is 11.5. The number of amides is 2. The molecule has 0 spiro atoms. The van der Waals surface area contributed by atoms with Gasteiger partial charge < -0.3 is 9.84 Å². The molecule has 0 aliphatic rings. The van der Waals surface area contributed by atoms with Crippen molar-refractivity contribution in [2.45, 2.75) is 0 Å². The minimum atomic E-state index is -0.636. The van der Waals surface area contributed by atoms with Crippen LogP contribution in [0.2, 0.25) is 5.02 Å². The molecule has 8 nitrogen and oxygen atoms in total. The molecular weight excluding hydrogens is 276 g/mol. The molecule has 2 amide bonds. The lowest BCUT2D eigenvalue weighted by atomic mass is 10.3. The minimum Gasteiger partial charge on any atom is -0.363 e. The van der Waals surface area contributed by atoms with Crippen LogP contribution in [0.1, 0.15) is 0 Å². The average molecular weight is 283 g/mol. The highest BCUT2D eigenvalue weighted by Gasteiger charge is 2.14. The number of carbonyl (C=O) groups excluding carboxylic acids is 1. The lowest BCUT2D eigenvalue weighted by Gasteiger charge is -2.05. The van der Waals surface area contributed by atoms with Gasteiger partial charge in [-0.25, -0.2) is 4.79 Å². The number of benzene rings is 1. The molecule has 1 aromatic carbocycles. The van der Waals surface area contributed by atoms with Gasteiger partial charge >= 0.3 is 6.03 Å². The Balaban J connectivity index is 2.09. The SMILES string of the molecule is O=C(Nc1ccc(Cl)c([N+](=O)[O-])c1)Nc1ccon1. The van der Waals surface area contributed by atoms with Crippen molar-refractivity contribution in [3.05, 3.63) is 45.7 Å². The van der Waals surface area contributed by atoms with Crippen LogP contribution in [0.3, 0.4) is 0 Å². The third kappa shape index (κ3) is 3.19. The summed E-state index contributed by atoms with van der Waals surface area (Å²) in [5.74, 6) is 0.223. The number of rotatable bonds is 3. The van der Waals surface area contributed by atoms with Gasteiger partial charge in [0.2, 0.25) is 0 Å². The van der Waals surface area contributed by atoms with Crippen LogP contribution in [-0.2, 0) is 0 Å². The maximum Gasteiger partial charge on any atom is 0.324 e. The van der Waals surface area contributed by atoms with E-state index >= 15 is 0 Å². The Kier molecular flexibility index (Phi) is 3.62. The summed E-state index contributed by atoms with van der Waals surface area (Å²) < 4.78 is 4.53. The first-order valence-corrected chi connectivity index (χ1v) is 5.36. The molecular formula is C10H7ClN4O4. The molecule has 1 heterocycles. The van der Waals surface area contributed by atoms with Crippen LogP contribution in [0.5, 0.6) is 0 Å². The highest BCUT2D eigenvalue weighted by molar-refractivity contribution is 6.32. The molecule has 2 N–H and O–H groups in total. The van der Waals surface area contributed by atoms with E-state index in [0.29, 0.717) is 0 Å². The van der Waals surface area contributed by atoms with Crippen LogP contribution >= 0.6 is 11.6 Å². The van der Waals surface area contributed by atoms with Crippen LogP contribution < -0.4 is 10.6 Å². The molecule has 9 heteroatoms. The van der Waals surface area contributed by atoms with Crippen LogP contribution in [0.4, 0.5) is 22.0 Å². The summed E-state index contributed by atoms with van der Waals surface area (Å²) in [6.45, 7) is 0. The predicted octanol–water partition coefficient (Wildman–Crippen LogP) is 2.88. The Bertz CT molecular complexity index is 614. The Labute approximate surface area is 111 Å². The second kappa shape index (κ2) is 5.36. The smallest absolute Gasteiger partial charge is 0.324 e. The van der Waals surface area contributed by atoms with E-state index in [2.05, 4.69) is 20.3 Å². The van der Waals surface area contributed by atoms with E-state index in [4.69, 9.17) is 11.6 Å². The third-order valence-electron chi connectivity index (χ3n) is 2.08. The predicted molar refractivity (Wildman–Crippen MR) is 67.3 cm³/mol. The van der Waals surface area contributed by atoms with Gasteiger partial charge in [0.05, 0.1) is 4.92 Å². The number of nitro benzene ring substituents is 1. The Morgan fingerprint density at radius 3 is 2.79 bits per heavy atom. The largest absolute Gasteiger partial charge is 0.363 e. The fourth-order valence-electron chi connectivity index (χ4n) is 1.29. The second-order valence-electron chi connectivity index (χ2n) is 3.39. The van der Waals surface area contributed by atoms with Crippen molar-refractivity contribution in [2.24, 2.45) is 0 Å². The highest BCUT2D eigenvalue weighted by atomic mass is 35.5. The highest BCUT2D eigenvalue weighted by Crippen LogP contribution is 2.27. The number of aromatic nitrogens is 1. The van der Waals surface area contributed by atoms with Gasteiger partial charge in [0, 0.05) is 17.8 Å². The molecule has 0 saturated heterocycles. The molecule has 0 radical (unpaired) electrons. The lowest BCUT2D eigenvalue weighted by molar-refractivity contribution is -0.384. The summed E-state index contributed by atoms with van der Waals surface area (Å²) >= 11 is 5.65. The lowest BCUT2D eigenvalue weighted by Crippen LogP contribution is -2.19. The fourth-order valence-corrected chi connectivity index (χ4v) is 1.47. The number of nitrogens with one attached hydrogen (secondary N) is 2. The van der Waals surface area contributed by atoms with Crippen molar-refractivity contribution in [3.8, 4) is 0 Å². The number of halogens is 1. The standard InChI is InChI=1S/C10H7ClN4O4/c11-7-2-1-6(5-8(7)15(17)18)12-10(16)13-9-3-4-19-14-9/h1-5H,(H2,12,13,14,16). The molecule has 0 fully saturated rings. The van der Waals surface area contributed by atoms with Gasteiger partial charge in [-0.15, -0.1) is 0 Å². The van der Waals surface area contributed by atoms with E-state index in [0.717, 1.165) is 6.07 Å². The summed E-state index contributed by atoms with van der Waals surface area (Å²) in [5, 5.41) is 18.9. The first kappa shape index (κ1) is 12.8. The van der Waals surface area contributed by atoms with E-state index in [1.165, 1.54) is 24.5 Å². The fraction of sp³-hybridized carbons (Fsp3) is 0. The average Bonchev–Trinajstić information content (AvgIpc) is 2.84. The van der Waals surface area contributed by atoms with Crippen molar-refractivity contribution >= 4 is 34.8 Å². The number of nitrogens with zero attached hydrogens (tertiary/aromatic N) is 2. The topological polar surface area (TPSA) is 110 Å². The number of hydrogen-bond acceptors (Lipinski definition) is 5. The molecule has 0 atom stereocenters. The van der Waals surface area contributed by atoms with Gasteiger partial charge in [0.15, 0.2) is 5.82 Å². The van der Waals surface area contributed by atoms with E-state index in [9.17, 15) is 14.9 Å². The first-order valence-electron chi connectivity index (χ1n) is 4.98. The molecule has 1 aromatic heterocycles. The van der Waals surface area contributed by atoms with Crippen molar-refractivity contribution in [3.63, 3.8) is 0 Å². The van der Waals surface area contributed by atoms with E-state index in [1.807, 2.05) is 0 Å². The number of hydrogen-bond donors (Lipinski definition) is 2. The molecule has 0 bridgehead atoms. The van der Waals surface area contributed by atoms with Crippen LogP contribution in [0, 0.1) is 10.1 Å². The first-order chi connectivity index (χ1) is 9.06. The quantitative estimate of drug-likeness (QED) is 0.664. The van der Waals surface area contributed by atoms with Gasteiger partial charge in [0.25, 0.3) is 5.69 Å². The van der Waals surface area contributed by atoms with Crippen molar-refractivity contribution in [1.29, 1.82) is 0 Å². The molecule has 2 aromatic rings. The van der Waals surface area contributed by atoms with Crippen molar-refractivity contribution in [2.75, 3.05) is 10.6 Å². The number of nitro groups is 1. The van der Waals surface area contributed by atoms with Gasteiger partial charge in [0.1, 0.15) is 11.3 Å². The van der Waals surface area contributed by atoms with Crippen LogP contribution in [0.15, 0.2) is 35.1 Å². The van der Waals surface area contributed by atoms with Gasteiger partial charge in [-0.2, -0.15) is 0 Å². The molecule has 0 aliphatic carbocycles. The van der Waals surface area contributed by atoms with Crippen LogP contribution in [-0.4, -0.2) is 16.1 Å². The monoisotopic (exact) mass is 282 g/mol. The zero-order valence-corrected chi connectivity index (χ0v) is 10.0. The number of carbonyl (C=O) groups is 1. The Morgan fingerprint density at radius 1 is 1.37 bits per heavy atom. The van der Waals surface area contributed by atoms with E-state index in [-0.39, 0.29) is 22.2 Å². The number of anilines is 2. The van der Waals surface area contributed by atoms with Crippen molar-refractivity contribution in [1.82, 2.24) is 5.16 Å². The van der Waals surface area contributed by atoms with Crippen LogP contribution in [0.25, 0.3) is 0 Å². The summed E-state index contributed by atoms with van der Waals surface area (Å²) in [4.78, 5) is 21.6. The van der Waals surface area contributed by atoms with Crippen molar-refractivity contribution < 1.29 is 14.2 Å². The molecule has 0 saturated carbocycles. The third-order valence-corrected chi connectivity index (χ3v) is 2.40. The second-order valence-corrected chi connectivity index (χ2v) is 3.79. The summed E-state index contributed by atoms with van der Waals surface area (Å²) in [5.41, 5.74) is -0.0574. The summed E-state index contributed by atoms with van der Waals surface area (Å²) in [7, 11) is 0. The molecule has 0 aliphatic heterocycles. The van der Waals surface area contributed by atoms with E-state index < -0.39 is 11.0 Å². The summed E-state index contributed by atoms with van der Waals surface area (Å²) in [6.07, 6.45) is 1.29. The van der Waals surface area contributed by atoms with Gasteiger partial charge in [-0.1, -0.05) is 16.8 Å². The zero-order valence-electron chi connectivity index (χ0n) is 9.29. The van der Waals surface area contributed by atoms with Gasteiger partial charge in [-0.3, -0.25) is 15.4 Å². The zero-order chi connectivity index (χ0) is 13.8. The minimum absolute atomic E-state index is 0.00698. The summed E-state index contributed by atoms with van der Waals surface area (Å²) in [6, 6.07) is 4.77. The molecule has 2 rings (SSSR count). The molecule has 19 heavy (non-hydrogen) atoms.